The number of nitrogens with one attached hydrogen (secondary N) is 1. The van der Waals surface area contributed by atoms with Crippen molar-refractivity contribution in [3.05, 3.63) is 53.0 Å². The smallest absolute Gasteiger partial charge is 0.113 e. The zero-order valence-corrected chi connectivity index (χ0v) is 9.66. The summed E-state index contributed by atoms with van der Waals surface area (Å²) in [6, 6.07) is 15.7. The van der Waals surface area contributed by atoms with Gasteiger partial charge in [-0.1, -0.05) is 33.5 Å². The Balaban J connectivity index is 2.15. The number of hydrogen-bond donors (Lipinski definition) is 1. The Hall–Kier alpha value is -1.22. The van der Waals surface area contributed by atoms with Gasteiger partial charge in [0, 0.05) is 15.8 Å². The molecule has 2 aromatic rings. The van der Waals surface area contributed by atoms with Gasteiger partial charge in [-0.3, -0.25) is 0 Å². The maximum Gasteiger partial charge on any atom is 0.113 e. The van der Waals surface area contributed by atoms with E-state index in [1.165, 1.54) is 0 Å². The zero-order chi connectivity index (χ0) is 10.7. The Morgan fingerprint density at radius 3 is 1.80 bits per heavy atom. The van der Waals surface area contributed by atoms with Crippen molar-refractivity contribution >= 4 is 40.6 Å². The van der Waals surface area contributed by atoms with Crippen LogP contribution in [-0.4, -0.2) is 7.85 Å². The Bertz CT molecular complexity index is 393. The summed E-state index contributed by atoms with van der Waals surface area (Å²) in [5.74, 6) is 0. The standard InChI is InChI=1S/C12H9BBrN/c13-9-1-5-11(6-2-9)15-12-7-3-10(14)4-8-12/h1-8,15H. The van der Waals surface area contributed by atoms with Crippen molar-refractivity contribution in [3.63, 3.8) is 0 Å². The average molecular weight is 258 g/mol. The third kappa shape index (κ3) is 2.86. The molecule has 0 saturated carbocycles. The van der Waals surface area contributed by atoms with E-state index in [4.69, 9.17) is 7.85 Å². The number of benzene rings is 2. The Morgan fingerprint density at radius 2 is 1.27 bits per heavy atom. The van der Waals surface area contributed by atoms with Gasteiger partial charge in [-0.2, -0.15) is 0 Å². The first-order valence-electron chi connectivity index (χ1n) is 4.62. The minimum Gasteiger partial charge on any atom is -0.356 e. The van der Waals surface area contributed by atoms with Gasteiger partial charge in [-0.15, -0.1) is 0 Å². The Kier molecular flexibility index (Phi) is 3.12. The van der Waals surface area contributed by atoms with Gasteiger partial charge in [0.25, 0.3) is 0 Å². The summed E-state index contributed by atoms with van der Waals surface area (Å²) in [5.41, 5.74) is 2.87. The third-order valence-electron chi connectivity index (χ3n) is 2.04. The largest absolute Gasteiger partial charge is 0.356 e. The summed E-state index contributed by atoms with van der Waals surface area (Å²) < 4.78 is 1.07. The quantitative estimate of drug-likeness (QED) is 0.816. The van der Waals surface area contributed by atoms with Crippen LogP contribution in [0.4, 0.5) is 11.4 Å². The van der Waals surface area contributed by atoms with E-state index in [-0.39, 0.29) is 0 Å². The van der Waals surface area contributed by atoms with Crippen LogP contribution >= 0.6 is 15.9 Å². The van der Waals surface area contributed by atoms with Crippen LogP contribution in [-0.2, 0) is 0 Å². The molecule has 1 N–H and O–H groups in total. The third-order valence-corrected chi connectivity index (χ3v) is 2.57. The van der Waals surface area contributed by atoms with Crippen molar-refractivity contribution in [2.75, 3.05) is 5.32 Å². The summed E-state index contributed by atoms with van der Waals surface area (Å²) >= 11 is 3.40. The number of halogens is 1. The molecule has 2 aromatic carbocycles. The highest BCUT2D eigenvalue weighted by atomic mass is 79.9. The number of hydrogen-bond acceptors (Lipinski definition) is 1. The van der Waals surface area contributed by atoms with E-state index in [2.05, 4.69) is 21.2 Å². The van der Waals surface area contributed by atoms with E-state index in [1.54, 1.807) is 0 Å². The van der Waals surface area contributed by atoms with Gasteiger partial charge >= 0.3 is 0 Å². The average Bonchev–Trinajstić information content (AvgIpc) is 2.25. The van der Waals surface area contributed by atoms with E-state index < -0.39 is 0 Å². The molecule has 2 radical (unpaired) electrons. The van der Waals surface area contributed by atoms with Crippen LogP contribution in [0.3, 0.4) is 0 Å². The minimum absolute atomic E-state index is 0.774. The van der Waals surface area contributed by atoms with Gasteiger partial charge in [0.1, 0.15) is 7.85 Å². The summed E-state index contributed by atoms with van der Waals surface area (Å²) in [4.78, 5) is 0. The summed E-state index contributed by atoms with van der Waals surface area (Å²) in [7, 11) is 5.61. The summed E-state index contributed by atoms with van der Waals surface area (Å²) in [5, 5.41) is 3.28. The van der Waals surface area contributed by atoms with Crippen molar-refractivity contribution < 1.29 is 0 Å². The fourth-order valence-electron chi connectivity index (χ4n) is 1.27. The van der Waals surface area contributed by atoms with Crippen molar-refractivity contribution in [3.8, 4) is 0 Å². The predicted octanol–water partition coefficient (Wildman–Crippen LogP) is 2.99. The van der Waals surface area contributed by atoms with E-state index in [0.717, 1.165) is 21.3 Å². The van der Waals surface area contributed by atoms with Crippen LogP contribution in [0.25, 0.3) is 0 Å². The van der Waals surface area contributed by atoms with E-state index >= 15 is 0 Å². The zero-order valence-electron chi connectivity index (χ0n) is 8.07. The molecule has 0 aliphatic rings. The van der Waals surface area contributed by atoms with E-state index in [0.29, 0.717) is 0 Å². The molecule has 0 heterocycles. The maximum atomic E-state index is 5.61. The second-order valence-electron chi connectivity index (χ2n) is 3.25. The van der Waals surface area contributed by atoms with Crippen molar-refractivity contribution in [2.45, 2.75) is 0 Å². The molecule has 72 valence electrons. The Morgan fingerprint density at radius 1 is 0.800 bits per heavy atom. The van der Waals surface area contributed by atoms with Crippen LogP contribution in [0, 0.1) is 0 Å². The molecule has 0 unspecified atom stereocenters. The lowest BCUT2D eigenvalue weighted by Gasteiger charge is -2.06. The molecular weight excluding hydrogens is 249 g/mol. The fraction of sp³-hybridized carbons (Fsp3) is 0. The lowest BCUT2D eigenvalue weighted by Crippen LogP contribution is -2.00. The van der Waals surface area contributed by atoms with Crippen LogP contribution in [0.5, 0.6) is 0 Å². The SMILES string of the molecule is [B]c1ccc(Nc2ccc(Br)cc2)cc1. The lowest BCUT2D eigenvalue weighted by atomic mass is 9.96. The monoisotopic (exact) mass is 257 g/mol. The van der Waals surface area contributed by atoms with Gasteiger partial charge in [0.05, 0.1) is 0 Å². The second kappa shape index (κ2) is 4.54. The molecule has 0 saturated heterocycles. The van der Waals surface area contributed by atoms with Crippen LogP contribution in [0.2, 0.25) is 0 Å². The highest BCUT2D eigenvalue weighted by molar-refractivity contribution is 9.10. The Labute approximate surface area is 99.1 Å². The molecule has 1 nitrogen and oxygen atoms in total. The van der Waals surface area contributed by atoms with Crippen LogP contribution < -0.4 is 10.8 Å². The molecule has 0 fully saturated rings. The molecule has 15 heavy (non-hydrogen) atoms. The van der Waals surface area contributed by atoms with Crippen molar-refractivity contribution in [1.29, 1.82) is 0 Å². The lowest BCUT2D eigenvalue weighted by molar-refractivity contribution is 1.54. The van der Waals surface area contributed by atoms with Gasteiger partial charge in [-0.25, -0.2) is 0 Å². The second-order valence-corrected chi connectivity index (χ2v) is 4.17. The van der Waals surface area contributed by atoms with Crippen molar-refractivity contribution in [1.82, 2.24) is 0 Å². The molecule has 0 aliphatic heterocycles. The first-order chi connectivity index (χ1) is 7.24. The molecule has 0 bridgehead atoms. The molecule has 3 heteroatoms. The first-order valence-corrected chi connectivity index (χ1v) is 5.41. The highest BCUT2D eigenvalue weighted by Gasteiger charge is 1.93. The molecule has 0 atom stereocenters. The van der Waals surface area contributed by atoms with Gasteiger partial charge in [0.2, 0.25) is 0 Å². The van der Waals surface area contributed by atoms with Crippen molar-refractivity contribution in [2.24, 2.45) is 0 Å². The predicted molar refractivity (Wildman–Crippen MR) is 69.3 cm³/mol. The fourth-order valence-corrected chi connectivity index (χ4v) is 1.53. The summed E-state index contributed by atoms with van der Waals surface area (Å²) in [6.07, 6.45) is 0. The van der Waals surface area contributed by atoms with Gasteiger partial charge < -0.3 is 5.32 Å². The number of anilines is 2. The van der Waals surface area contributed by atoms with Crippen LogP contribution in [0.1, 0.15) is 0 Å². The molecule has 0 aliphatic carbocycles. The summed E-state index contributed by atoms with van der Waals surface area (Å²) in [6.45, 7) is 0. The van der Waals surface area contributed by atoms with E-state index in [1.807, 2.05) is 48.5 Å². The van der Waals surface area contributed by atoms with Gasteiger partial charge in [-0.05, 0) is 36.4 Å². The first kappa shape index (κ1) is 10.3. The van der Waals surface area contributed by atoms with Gasteiger partial charge in [0.15, 0.2) is 0 Å². The highest BCUT2D eigenvalue weighted by Crippen LogP contribution is 2.18. The minimum atomic E-state index is 0.774. The van der Waals surface area contributed by atoms with Crippen LogP contribution in [0.15, 0.2) is 53.0 Å². The molecular formula is C12H9BBrN. The molecule has 0 aromatic heterocycles. The topological polar surface area (TPSA) is 12.0 Å². The molecule has 2 rings (SSSR count). The van der Waals surface area contributed by atoms with E-state index in [9.17, 15) is 0 Å². The normalized spacial score (nSPS) is 9.93. The molecule has 0 spiro atoms. The molecule has 0 amide bonds. The maximum absolute atomic E-state index is 5.61. The number of rotatable bonds is 2.